The maximum Gasteiger partial charge on any atom is 0.320 e. The van der Waals surface area contributed by atoms with E-state index in [2.05, 4.69) is 0 Å². The summed E-state index contributed by atoms with van der Waals surface area (Å²) in [5, 5.41) is 0. The molecule has 0 atom stereocenters. The fourth-order valence-corrected chi connectivity index (χ4v) is 0.980. The van der Waals surface area contributed by atoms with Crippen LogP contribution in [0.4, 0.5) is 0 Å². The molecule has 0 unspecified atom stereocenters. The van der Waals surface area contributed by atoms with E-state index in [0.717, 1.165) is 25.7 Å². The molecule has 0 bridgehead atoms. The Morgan fingerprint density at radius 3 is 1.62 bits per heavy atom. The molecule has 0 N–H and O–H groups in total. The van der Waals surface area contributed by atoms with Crippen LogP contribution in [0.3, 0.4) is 0 Å². The Bertz CT molecular complexity index is 191. The zero-order chi connectivity index (χ0) is 12.4. The van der Waals surface area contributed by atoms with Crippen LogP contribution in [0, 0.1) is 5.92 Å². The van der Waals surface area contributed by atoms with E-state index in [1.54, 1.807) is 0 Å². The minimum Gasteiger partial charge on any atom is -0.465 e. The van der Waals surface area contributed by atoms with E-state index < -0.39 is 17.9 Å². The van der Waals surface area contributed by atoms with Gasteiger partial charge in [0.05, 0.1) is 13.2 Å². The Kier molecular flexibility index (Phi) is 8.58. The number of carbonyl (C=O) groups excluding carboxylic acids is 2. The standard InChI is InChI=1S/C12H22O4/c1-4-6-8-15-11(13)10(3)12(14)16-9-7-5-2/h10H,4-9H2,1-3H3. The van der Waals surface area contributed by atoms with Crippen molar-refractivity contribution in [3.05, 3.63) is 0 Å². The highest BCUT2D eigenvalue weighted by molar-refractivity contribution is 5.94. The lowest BCUT2D eigenvalue weighted by atomic mass is 10.2. The second kappa shape index (κ2) is 9.19. The van der Waals surface area contributed by atoms with Crippen LogP contribution in [-0.2, 0) is 19.1 Å². The van der Waals surface area contributed by atoms with E-state index in [0.29, 0.717) is 13.2 Å². The largest absolute Gasteiger partial charge is 0.465 e. The van der Waals surface area contributed by atoms with E-state index in [-0.39, 0.29) is 0 Å². The Hall–Kier alpha value is -1.06. The summed E-state index contributed by atoms with van der Waals surface area (Å²) in [5.74, 6) is -1.79. The summed E-state index contributed by atoms with van der Waals surface area (Å²) in [6.07, 6.45) is 3.57. The summed E-state index contributed by atoms with van der Waals surface area (Å²) >= 11 is 0. The molecule has 4 nitrogen and oxygen atoms in total. The molecule has 0 saturated heterocycles. The molecule has 0 saturated carbocycles. The van der Waals surface area contributed by atoms with Crippen molar-refractivity contribution in [2.24, 2.45) is 5.92 Å². The molecule has 0 heterocycles. The van der Waals surface area contributed by atoms with E-state index in [4.69, 9.17) is 9.47 Å². The minimum absolute atomic E-state index is 0.377. The van der Waals surface area contributed by atoms with E-state index >= 15 is 0 Å². The van der Waals surface area contributed by atoms with Crippen molar-refractivity contribution >= 4 is 11.9 Å². The molecule has 0 fully saturated rings. The molecule has 0 aromatic carbocycles. The van der Waals surface area contributed by atoms with Crippen LogP contribution in [0.2, 0.25) is 0 Å². The van der Waals surface area contributed by atoms with Gasteiger partial charge < -0.3 is 9.47 Å². The first kappa shape index (κ1) is 14.9. The normalized spacial score (nSPS) is 10.2. The molecule has 0 aromatic heterocycles. The Labute approximate surface area is 97.3 Å². The molecule has 0 radical (unpaired) electrons. The molecule has 0 aliphatic carbocycles. The molecule has 16 heavy (non-hydrogen) atoms. The molecule has 0 aliphatic rings. The van der Waals surface area contributed by atoms with Crippen LogP contribution in [0.15, 0.2) is 0 Å². The Balaban J connectivity index is 3.78. The van der Waals surface area contributed by atoms with E-state index in [1.807, 2.05) is 13.8 Å². The molecule has 4 heteroatoms. The summed E-state index contributed by atoms with van der Waals surface area (Å²) in [6, 6.07) is 0. The van der Waals surface area contributed by atoms with Gasteiger partial charge in [0.25, 0.3) is 0 Å². The van der Waals surface area contributed by atoms with Crippen molar-refractivity contribution < 1.29 is 19.1 Å². The lowest BCUT2D eigenvalue weighted by Gasteiger charge is -2.10. The second-order valence-corrected chi connectivity index (χ2v) is 3.76. The Morgan fingerprint density at radius 1 is 0.938 bits per heavy atom. The zero-order valence-electron chi connectivity index (χ0n) is 10.5. The van der Waals surface area contributed by atoms with Gasteiger partial charge in [0, 0.05) is 0 Å². The van der Waals surface area contributed by atoms with Crippen molar-refractivity contribution in [1.29, 1.82) is 0 Å². The molecule has 0 aliphatic heterocycles. The highest BCUT2D eigenvalue weighted by Crippen LogP contribution is 2.04. The lowest BCUT2D eigenvalue weighted by Crippen LogP contribution is -2.25. The third kappa shape index (κ3) is 6.43. The topological polar surface area (TPSA) is 52.6 Å². The summed E-state index contributed by atoms with van der Waals surface area (Å²) in [4.78, 5) is 22.7. The monoisotopic (exact) mass is 230 g/mol. The first-order valence-electron chi connectivity index (χ1n) is 5.96. The van der Waals surface area contributed by atoms with Crippen molar-refractivity contribution in [1.82, 2.24) is 0 Å². The van der Waals surface area contributed by atoms with Gasteiger partial charge in [0.15, 0.2) is 5.92 Å². The van der Waals surface area contributed by atoms with Gasteiger partial charge in [0.2, 0.25) is 0 Å². The van der Waals surface area contributed by atoms with Gasteiger partial charge in [-0.3, -0.25) is 9.59 Å². The highest BCUT2D eigenvalue weighted by Gasteiger charge is 2.24. The van der Waals surface area contributed by atoms with Gasteiger partial charge in [-0.15, -0.1) is 0 Å². The molecular formula is C12H22O4. The fraction of sp³-hybridized carbons (Fsp3) is 0.833. The third-order valence-electron chi connectivity index (χ3n) is 2.19. The van der Waals surface area contributed by atoms with Gasteiger partial charge in [-0.05, 0) is 19.8 Å². The second-order valence-electron chi connectivity index (χ2n) is 3.76. The summed E-state index contributed by atoms with van der Waals surface area (Å²) < 4.78 is 9.86. The summed E-state index contributed by atoms with van der Waals surface area (Å²) in [7, 11) is 0. The van der Waals surface area contributed by atoms with Crippen LogP contribution in [0.5, 0.6) is 0 Å². The van der Waals surface area contributed by atoms with Crippen molar-refractivity contribution in [2.75, 3.05) is 13.2 Å². The molecule has 0 rings (SSSR count). The predicted octanol–water partition coefficient (Wildman–Crippen LogP) is 2.31. The number of unbranched alkanes of at least 4 members (excludes halogenated alkanes) is 2. The fourth-order valence-electron chi connectivity index (χ4n) is 0.980. The smallest absolute Gasteiger partial charge is 0.320 e. The Morgan fingerprint density at radius 2 is 1.31 bits per heavy atom. The van der Waals surface area contributed by atoms with Crippen molar-refractivity contribution in [3.63, 3.8) is 0 Å². The number of esters is 2. The third-order valence-corrected chi connectivity index (χ3v) is 2.19. The van der Waals surface area contributed by atoms with Gasteiger partial charge in [-0.25, -0.2) is 0 Å². The summed E-state index contributed by atoms with van der Waals surface area (Å²) in [5.41, 5.74) is 0. The maximum atomic E-state index is 11.4. The van der Waals surface area contributed by atoms with Crippen LogP contribution in [-0.4, -0.2) is 25.2 Å². The number of hydrogen-bond donors (Lipinski definition) is 0. The van der Waals surface area contributed by atoms with Gasteiger partial charge >= 0.3 is 11.9 Å². The minimum atomic E-state index is -0.811. The van der Waals surface area contributed by atoms with Crippen molar-refractivity contribution in [3.8, 4) is 0 Å². The van der Waals surface area contributed by atoms with Crippen molar-refractivity contribution in [2.45, 2.75) is 46.5 Å². The number of ether oxygens (including phenoxy) is 2. The van der Waals surface area contributed by atoms with Gasteiger partial charge in [-0.2, -0.15) is 0 Å². The lowest BCUT2D eigenvalue weighted by molar-refractivity contribution is -0.161. The highest BCUT2D eigenvalue weighted by atomic mass is 16.6. The average Bonchev–Trinajstić information content (AvgIpc) is 2.28. The van der Waals surface area contributed by atoms with Gasteiger partial charge in [-0.1, -0.05) is 26.7 Å². The molecule has 0 spiro atoms. The first-order chi connectivity index (χ1) is 7.63. The number of rotatable bonds is 8. The zero-order valence-corrected chi connectivity index (χ0v) is 10.5. The van der Waals surface area contributed by atoms with Crippen LogP contribution >= 0.6 is 0 Å². The molecule has 0 amide bonds. The maximum absolute atomic E-state index is 11.4. The predicted molar refractivity (Wildman–Crippen MR) is 60.9 cm³/mol. The first-order valence-corrected chi connectivity index (χ1v) is 5.96. The molecular weight excluding hydrogens is 208 g/mol. The van der Waals surface area contributed by atoms with Crippen LogP contribution in [0.1, 0.15) is 46.5 Å². The molecule has 0 aromatic rings. The van der Waals surface area contributed by atoms with Crippen LogP contribution in [0.25, 0.3) is 0 Å². The van der Waals surface area contributed by atoms with Gasteiger partial charge in [0.1, 0.15) is 0 Å². The van der Waals surface area contributed by atoms with Crippen LogP contribution < -0.4 is 0 Å². The van der Waals surface area contributed by atoms with E-state index in [9.17, 15) is 9.59 Å². The number of carbonyl (C=O) groups is 2. The quantitative estimate of drug-likeness (QED) is 0.365. The van der Waals surface area contributed by atoms with E-state index in [1.165, 1.54) is 6.92 Å². The average molecular weight is 230 g/mol. The SMILES string of the molecule is CCCCOC(=O)C(C)C(=O)OCCCC. The summed E-state index contributed by atoms with van der Waals surface area (Å²) in [6.45, 7) is 6.29. The number of hydrogen-bond acceptors (Lipinski definition) is 4. The molecule has 94 valence electrons.